The summed E-state index contributed by atoms with van der Waals surface area (Å²) in [7, 11) is 0. The zero-order valence-corrected chi connectivity index (χ0v) is 13.1. The van der Waals surface area contributed by atoms with Gasteiger partial charge in [0.15, 0.2) is 11.5 Å². The van der Waals surface area contributed by atoms with Crippen LogP contribution in [0.5, 0.6) is 0 Å². The summed E-state index contributed by atoms with van der Waals surface area (Å²) in [5, 5.41) is 5.95. The molecule has 1 aromatic heterocycles. The van der Waals surface area contributed by atoms with E-state index in [9.17, 15) is 22.4 Å². The molecule has 0 aliphatic heterocycles. The molecule has 1 saturated carbocycles. The van der Waals surface area contributed by atoms with Crippen LogP contribution in [0.4, 0.5) is 17.6 Å². The van der Waals surface area contributed by atoms with E-state index in [1.54, 1.807) is 6.07 Å². The van der Waals surface area contributed by atoms with E-state index in [2.05, 4.69) is 10.5 Å². The number of nitrogens with zero attached hydrogens (tertiary/aromatic N) is 1. The first-order valence-corrected chi connectivity index (χ1v) is 7.95. The monoisotopic (exact) mass is 356 g/mol. The number of nitrogens with one attached hydrogen (secondary N) is 1. The number of amides is 1. The van der Waals surface area contributed by atoms with Gasteiger partial charge in [-0.2, -0.15) is 13.2 Å². The maximum absolute atomic E-state index is 13.7. The van der Waals surface area contributed by atoms with Gasteiger partial charge >= 0.3 is 6.18 Å². The second-order valence-electron chi connectivity index (χ2n) is 6.07. The highest BCUT2D eigenvalue weighted by atomic mass is 19.4. The fourth-order valence-electron chi connectivity index (χ4n) is 3.11. The third-order valence-corrected chi connectivity index (χ3v) is 4.38. The van der Waals surface area contributed by atoms with E-state index in [0.29, 0.717) is 12.8 Å². The largest absolute Gasteiger partial charge is 0.393 e. The van der Waals surface area contributed by atoms with Gasteiger partial charge in [-0.05, 0) is 25.0 Å². The van der Waals surface area contributed by atoms with E-state index in [1.807, 2.05) is 0 Å². The van der Waals surface area contributed by atoms with Crippen molar-refractivity contribution in [2.24, 2.45) is 5.92 Å². The van der Waals surface area contributed by atoms with E-state index >= 15 is 0 Å². The maximum atomic E-state index is 13.7. The van der Waals surface area contributed by atoms with Gasteiger partial charge in [-0.25, -0.2) is 4.39 Å². The molecule has 134 valence electrons. The van der Waals surface area contributed by atoms with Crippen LogP contribution in [0.1, 0.15) is 36.2 Å². The Bertz CT molecular complexity index is 757. The molecule has 1 aromatic carbocycles. The van der Waals surface area contributed by atoms with Crippen molar-refractivity contribution in [3.8, 4) is 11.3 Å². The van der Waals surface area contributed by atoms with Gasteiger partial charge in [0, 0.05) is 12.1 Å². The molecule has 1 amide bonds. The Labute approximate surface area is 141 Å². The molecule has 25 heavy (non-hydrogen) atoms. The van der Waals surface area contributed by atoms with Crippen molar-refractivity contribution in [3.05, 3.63) is 41.8 Å². The molecule has 0 saturated heterocycles. The zero-order chi connectivity index (χ0) is 18.0. The van der Waals surface area contributed by atoms with Crippen molar-refractivity contribution in [1.82, 2.24) is 10.5 Å². The van der Waals surface area contributed by atoms with E-state index in [0.717, 1.165) is 0 Å². The molecule has 4 nitrogen and oxygen atoms in total. The summed E-state index contributed by atoms with van der Waals surface area (Å²) in [6.45, 7) is 0. The van der Waals surface area contributed by atoms with Crippen LogP contribution in [0, 0.1) is 11.7 Å². The second kappa shape index (κ2) is 6.85. The number of hydrogen-bond acceptors (Lipinski definition) is 3. The number of alkyl halides is 3. The average Bonchev–Trinajstić information content (AvgIpc) is 3.04. The Morgan fingerprint density at radius 2 is 1.92 bits per heavy atom. The van der Waals surface area contributed by atoms with Gasteiger partial charge < -0.3 is 9.84 Å². The summed E-state index contributed by atoms with van der Waals surface area (Å²) in [4.78, 5) is 12.2. The van der Waals surface area contributed by atoms with Crippen LogP contribution in [-0.2, 0) is 0 Å². The maximum Gasteiger partial charge on any atom is 0.393 e. The minimum atomic E-state index is -4.36. The normalized spacial score (nSPS) is 21.1. The number of benzene rings is 1. The smallest absolute Gasteiger partial charge is 0.355 e. The molecule has 1 aliphatic rings. The van der Waals surface area contributed by atoms with Crippen molar-refractivity contribution in [3.63, 3.8) is 0 Å². The van der Waals surface area contributed by atoms with Gasteiger partial charge in [-0.3, -0.25) is 4.79 Å². The van der Waals surface area contributed by atoms with Crippen LogP contribution in [-0.4, -0.2) is 23.3 Å². The predicted molar refractivity (Wildman–Crippen MR) is 81.2 cm³/mol. The number of carbonyl (C=O) groups excluding carboxylic acids is 1. The molecule has 0 spiro atoms. The summed E-state index contributed by atoms with van der Waals surface area (Å²) in [6, 6.07) is 6.01. The first kappa shape index (κ1) is 17.4. The summed E-state index contributed by atoms with van der Waals surface area (Å²) >= 11 is 0. The Kier molecular flexibility index (Phi) is 4.78. The van der Waals surface area contributed by atoms with E-state index in [1.165, 1.54) is 24.3 Å². The molecule has 2 aromatic rings. The predicted octanol–water partition coefficient (Wildman–Crippen LogP) is 4.33. The second-order valence-corrected chi connectivity index (χ2v) is 6.07. The number of rotatable bonds is 3. The van der Waals surface area contributed by atoms with E-state index < -0.39 is 29.9 Å². The molecule has 3 rings (SSSR count). The quantitative estimate of drug-likeness (QED) is 0.833. The fraction of sp³-hybridized carbons (Fsp3) is 0.412. The lowest BCUT2D eigenvalue weighted by Gasteiger charge is -2.33. The Balaban J connectivity index is 1.75. The molecule has 2 unspecified atom stereocenters. The van der Waals surface area contributed by atoms with Gasteiger partial charge in [0.1, 0.15) is 5.82 Å². The van der Waals surface area contributed by atoms with Crippen molar-refractivity contribution in [2.75, 3.05) is 0 Å². The standard InChI is InChI=1S/C17H16F4N2O2/c18-12-7-3-1-5-10(12)15-9-14(23-25-15)16(24)22-13-8-4-2-6-11(13)17(19,20)21/h1,3,5,7,9,11,13H,2,4,6,8H2,(H,22,24). The third kappa shape index (κ3) is 3.83. The first-order valence-electron chi connectivity index (χ1n) is 7.95. The van der Waals surface area contributed by atoms with Crippen LogP contribution in [0.3, 0.4) is 0 Å². The summed E-state index contributed by atoms with van der Waals surface area (Å²) in [6.07, 6.45) is -3.00. The molecular weight excluding hydrogens is 340 g/mol. The van der Waals surface area contributed by atoms with Crippen molar-refractivity contribution in [2.45, 2.75) is 37.9 Å². The van der Waals surface area contributed by atoms with Gasteiger partial charge in [0.05, 0.1) is 11.5 Å². The minimum absolute atomic E-state index is 0.00621. The fourth-order valence-corrected chi connectivity index (χ4v) is 3.11. The lowest BCUT2D eigenvalue weighted by Crippen LogP contribution is -2.47. The van der Waals surface area contributed by atoms with Gasteiger partial charge in [0.2, 0.25) is 0 Å². The highest BCUT2D eigenvalue weighted by Gasteiger charge is 2.46. The number of carbonyl (C=O) groups is 1. The number of hydrogen-bond donors (Lipinski definition) is 1. The molecule has 8 heteroatoms. The molecule has 1 aliphatic carbocycles. The van der Waals surface area contributed by atoms with E-state index in [-0.39, 0.29) is 29.9 Å². The molecule has 2 atom stereocenters. The van der Waals surface area contributed by atoms with Crippen LogP contribution in [0.25, 0.3) is 11.3 Å². The van der Waals surface area contributed by atoms with Crippen LogP contribution < -0.4 is 5.32 Å². The van der Waals surface area contributed by atoms with Gasteiger partial charge in [-0.15, -0.1) is 0 Å². The van der Waals surface area contributed by atoms with Crippen LogP contribution in [0.15, 0.2) is 34.9 Å². The van der Waals surface area contributed by atoms with Crippen molar-refractivity contribution < 1.29 is 26.9 Å². The molecular formula is C17H16F4N2O2. The minimum Gasteiger partial charge on any atom is -0.355 e. The topological polar surface area (TPSA) is 55.1 Å². The summed E-state index contributed by atoms with van der Waals surface area (Å²) in [5.41, 5.74) is -0.0513. The lowest BCUT2D eigenvalue weighted by molar-refractivity contribution is -0.187. The number of aromatic nitrogens is 1. The molecule has 1 N–H and O–H groups in total. The Morgan fingerprint density at radius 1 is 1.20 bits per heavy atom. The number of halogens is 4. The molecule has 0 radical (unpaired) electrons. The Hall–Kier alpha value is -2.38. The van der Waals surface area contributed by atoms with Crippen molar-refractivity contribution in [1.29, 1.82) is 0 Å². The molecule has 1 heterocycles. The van der Waals surface area contributed by atoms with Crippen molar-refractivity contribution >= 4 is 5.91 Å². The van der Waals surface area contributed by atoms with Gasteiger partial charge in [0.25, 0.3) is 5.91 Å². The third-order valence-electron chi connectivity index (χ3n) is 4.38. The SMILES string of the molecule is O=C(NC1CCCCC1C(F)(F)F)c1cc(-c2ccccc2F)on1. The summed E-state index contributed by atoms with van der Waals surface area (Å²) < 4.78 is 58.0. The average molecular weight is 356 g/mol. The molecule has 1 fully saturated rings. The lowest BCUT2D eigenvalue weighted by atomic mass is 9.84. The Morgan fingerprint density at radius 3 is 2.64 bits per heavy atom. The van der Waals surface area contributed by atoms with Gasteiger partial charge in [-0.1, -0.05) is 30.1 Å². The first-order chi connectivity index (χ1) is 11.9. The summed E-state index contributed by atoms with van der Waals surface area (Å²) in [5.74, 6) is -2.83. The highest BCUT2D eigenvalue weighted by Crippen LogP contribution is 2.37. The zero-order valence-electron chi connectivity index (χ0n) is 13.1. The highest BCUT2D eigenvalue weighted by molar-refractivity contribution is 5.93. The molecule has 0 bridgehead atoms. The van der Waals surface area contributed by atoms with Crippen LogP contribution in [0.2, 0.25) is 0 Å². The van der Waals surface area contributed by atoms with E-state index in [4.69, 9.17) is 4.52 Å². The van der Waals surface area contributed by atoms with Crippen LogP contribution >= 0.6 is 0 Å².